The maximum absolute atomic E-state index is 12.4. The van der Waals surface area contributed by atoms with Crippen molar-refractivity contribution in [2.24, 2.45) is 5.41 Å². The Morgan fingerprint density at radius 1 is 1.32 bits per heavy atom. The Morgan fingerprint density at radius 2 is 1.95 bits per heavy atom. The molecule has 1 N–H and O–H groups in total. The molecule has 0 radical (unpaired) electrons. The standard InChI is InChI=1S/C17H21NO4/c1-17(2)9-13(18(11-17)10-16(20)21)8-15(19)12-4-6-14(22-3)7-5-12/h4-8H,9-11H2,1-3H3,(H,20,21)/b13-8-. The maximum Gasteiger partial charge on any atom is 0.323 e. The lowest BCUT2D eigenvalue weighted by Crippen LogP contribution is -2.28. The minimum atomic E-state index is -0.888. The van der Waals surface area contributed by atoms with Crippen molar-refractivity contribution in [3.8, 4) is 5.75 Å². The molecule has 1 heterocycles. The van der Waals surface area contributed by atoms with Crippen LogP contribution in [-0.2, 0) is 4.79 Å². The molecule has 5 nitrogen and oxygen atoms in total. The first kappa shape index (κ1) is 16.1. The van der Waals surface area contributed by atoms with Crippen LogP contribution in [0.25, 0.3) is 0 Å². The molecule has 1 fully saturated rings. The normalized spacial score (nSPS) is 18.5. The van der Waals surface area contributed by atoms with Crippen molar-refractivity contribution in [2.45, 2.75) is 20.3 Å². The zero-order valence-corrected chi connectivity index (χ0v) is 13.1. The van der Waals surface area contributed by atoms with Gasteiger partial charge >= 0.3 is 5.97 Å². The molecule has 1 saturated heterocycles. The fraction of sp³-hybridized carbons (Fsp3) is 0.412. The first-order chi connectivity index (χ1) is 10.3. The van der Waals surface area contributed by atoms with Crippen molar-refractivity contribution in [3.63, 3.8) is 0 Å². The average molecular weight is 303 g/mol. The Hall–Kier alpha value is -2.30. The van der Waals surface area contributed by atoms with Crippen LogP contribution in [0.2, 0.25) is 0 Å². The summed E-state index contributed by atoms with van der Waals surface area (Å²) in [6, 6.07) is 6.89. The monoisotopic (exact) mass is 303 g/mol. The van der Waals surface area contributed by atoms with E-state index in [4.69, 9.17) is 9.84 Å². The second kappa shape index (κ2) is 6.22. The van der Waals surface area contributed by atoms with Gasteiger partial charge in [0.25, 0.3) is 0 Å². The van der Waals surface area contributed by atoms with Gasteiger partial charge in [0.2, 0.25) is 0 Å². The summed E-state index contributed by atoms with van der Waals surface area (Å²) in [5.74, 6) is -0.315. The fourth-order valence-corrected chi connectivity index (χ4v) is 2.73. The summed E-state index contributed by atoms with van der Waals surface area (Å²) < 4.78 is 5.07. The summed E-state index contributed by atoms with van der Waals surface area (Å²) in [4.78, 5) is 25.1. The lowest BCUT2D eigenvalue weighted by atomic mass is 9.92. The van der Waals surface area contributed by atoms with Gasteiger partial charge in [-0.3, -0.25) is 9.59 Å². The Kier molecular flexibility index (Phi) is 4.54. The summed E-state index contributed by atoms with van der Waals surface area (Å²) in [5, 5.41) is 9.00. The molecule has 2 rings (SSSR count). The van der Waals surface area contributed by atoms with Gasteiger partial charge in [0.1, 0.15) is 12.3 Å². The van der Waals surface area contributed by atoms with E-state index in [1.165, 1.54) is 0 Å². The van der Waals surface area contributed by atoms with Crippen LogP contribution in [0.4, 0.5) is 0 Å². The number of carboxylic acid groups (broad SMARTS) is 1. The molecule has 0 saturated carbocycles. The van der Waals surface area contributed by atoms with Crippen LogP contribution < -0.4 is 4.74 Å². The van der Waals surface area contributed by atoms with Crippen LogP contribution in [0.3, 0.4) is 0 Å². The van der Waals surface area contributed by atoms with Crippen molar-refractivity contribution < 1.29 is 19.4 Å². The number of likely N-dealkylation sites (tertiary alicyclic amines) is 1. The van der Waals surface area contributed by atoms with E-state index >= 15 is 0 Å². The third-order valence-electron chi connectivity index (χ3n) is 3.68. The van der Waals surface area contributed by atoms with E-state index in [0.717, 1.165) is 5.70 Å². The van der Waals surface area contributed by atoms with Crippen LogP contribution in [-0.4, -0.2) is 42.0 Å². The predicted octanol–water partition coefficient (Wildman–Crippen LogP) is 2.58. The number of aliphatic carboxylic acids is 1. The average Bonchev–Trinajstić information content (AvgIpc) is 2.72. The Balaban J connectivity index is 2.20. The molecule has 1 aliphatic heterocycles. The molecule has 0 aliphatic carbocycles. The van der Waals surface area contributed by atoms with Crippen molar-refractivity contribution in [2.75, 3.05) is 20.2 Å². The molecule has 0 unspecified atom stereocenters. The quantitative estimate of drug-likeness (QED) is 0.669. The molecule has 1 aromatic rings. The van der Waals surface area contributed by atoms with Gasteiger partial charge in [-0.2, -0.15) is 0 Å². The van der Waals surface area contributed by atoms with E-state index in [9.17, 15) is 9.59 Å². The van der Waals surface area contributed by atoms with E-state index < -0.39 is 5.97 Å². The molecule has 0 spiro atoms. The summed E-state index contributed by atoms with van der Waals surface area (Å²) in [6.07, 6.45) is 2.25. The summed E-state index contributed by atoms with van der Waals surface area (Å²) >= 11 is 0. The van der Waals surface area contributed by atoms with Gasteiger partial charge < -0.3 is 14.7 Å². The predicted molar refractivity (Wildman–Crippen MR) is 83.0 cm³/mol. The fourth-order valence-electron chi connectivity index (χ4n) is 2.73. The number of carbonyl (C=O) groups excluding carboxylic acids is 1. The van der Waals surface area contributed by atoms with Crippen molar-refractivity contribution in [1.82, 2.24) is 4.90 Å². The van der Waals surface area contributed by atoms with Crippen LogP contribution in [0, 0.1) is 5.41 Å². The smallest absolute Gasteiger partial charge is 0.323 e. The highest BCUT2D eigenvalue weighted by Gasteiger charge is 2.34. The van der Waals surface area contributed by atoms with E-state index in [1.807, 2.05) is 0 Å². The van der Waals surface area contributed by atoms with Crippen LogP contribution in [0.15, 0.2) is 36.0 Å². The SMILES string of the molecule is COc1ccc(C(=O)/C=C2/CC(C)(C)CN2CC(=O)O)cc1. The Labute approximate surface area is 130 Å². The number of methoxy groups -OCH3 is 1. The van der Waals surface area contributed by atoms with E-state index in [2.05, 4.69) is 13.8 Å². The summed E-state index contributed by atoms with van der Waals surface area (Å²) in [5.41, 5.74) is 1.32. The minimum Gasteiger partial charge on any atom is -0.497 e. The second-order valence-corrected chi connectivity index (χ2v) is 6.32. The molecule has 1 aromatic carbocycles. The topological polar surface area (TPSA) is 66.8 Å². The molecule has 0 amide bonds. The second-order valence-electron chi connectivity index (χ2n) is 6.32. The van der Waals surface area contributed by atoms with Crippen LogP contribution in [0.1, 0.15) is 30.6 Å². The van der Waals surface area contributed by atoms with Crippen molar-refractivity contribution >= 4 is 11.8 Å². The molecule has 5 heteroatoms. The molecule has 0 bridgehead atoms. The van der Waals surface area contributed by atoms with Gasteiger partial charge in [0.15, 0.2) is 5.78 Å². The Morgan fingerprint density at radius 3 is 2.50 bits per heavy atom. The highest BCUT2D eigenvalue weighted by atomic mass is 16.5. The number of benzene rings is 1. The lowest BCUT2D eigenvalue weighted by molar-refractivity contribution is -0.137. The Bertz CT molecular complexity index is 602. The third kappa shape index (κ3) is 3.87. The van der Waals surface area contributed by atoms with Gasteiger partial charge in [-0.05, 0) is 36.1 Å². The van der Waals surface area contributed by atoms with Crippen LogP contribution in [0.5, 0.6) is 5.75 Å². The van der Waals surface area contributed by atoms with Gasteiger partial charge in [-0.1, -0.05) is 13.8 Å². The molecule has 118 valence electrons. The van der Waals surface area contributed by atoms with E-state index in [-0.39, 0.29) is 17.7 Å². The largest absolute Gasteiger partial charge is 0.497 e. The zero-order chi connectivity index (χ0) is 16.3. The van der Waals surface area contributed by atoms with Crippen LogP contribution >= 0.6 is 0 Å². The summed E-state index contributed by atoms with van der Waals surface area (Å²) in [7, 11) is 1.57. The first-order valence-electron chi connectivity index (χ1n) is 7.16. The van der Waals surface area contributed by atoms with E-state index in [0.29, 0.717) is 24.3 Å². The first-order valence-corrected chi connectivity index (χ1v) is 7.16. The summed E-state index contributed by atoms with van der Waals surface area (Å²) in [6.45, 7) is 4.70. The molecule has 1 aliphatic rings. The molecule has 0 aromatic heterocycles. The number of carbonyl (C=O) groups is 2. The number of hydrogen-bond acceptors (Lipinski definition) is 4. The lowest BCUT2D eigenvalue weighted by Gasteiger charge is -2.19. The number of ether oxygens (including phenoxy) is 1. The number of hydrogen-bond donors (Lipinski definition) is 1. The number of carboxylic acids is 1. The highest BCUT2D eigenvalue weighted by Crippen LogP contribution is 2.36. The van der Waals surface area contributed by atoms with Gasteiger partial charge in [-0.15, -0.1) is 0 Å². The highest BCUT2D eigenvalue weighted by molar-refractivity contribution is 6.05. The van der Waals surface area contributed by atoms with E-state index in [1.54, 1.807) is 42.4 Å². The number of ketones is 1. The molecular formula is C17H21NO4. The third-order valence-corrected chi connectivity index (χ3v) is 3.68. The van der Waals surface area contributed by atoms with Gasteiger partial charge in [0, 0.05) is 23.9 Å². The van der Waals surface area contributed by atoms with Gasteiger partial charge in [0.05, 0.1) is 7.11 Å². The minimum absolute atomic E-state index is 0.0263. The maximum atomic E-state index is 12.4. The number of allylic oxidation sites excluding steroid dienone is 2. The number of rotatable bonds is 5. The van der Waals surface area contributed by atoms with Crippen molar-refractivity contribution in [1.29, 1.82) is 0 Å². The molecule has 22 heavy (non-hydrogen) atoms. The molecular weight excluding hydrogens is 282 g/mol. The molecule has 0 atom stereocenters. The van der Waals surface area contributed by atoms with Gasteiger partial charge in [-0.25, -0.2) is 0 Å². The zero-order valence-electron chi connectivity index (χ0n) is 13.1. The van der Waals surface area contributed by atoms with Crippen molar-refractivity contribution in [3.05, 3.63) is 41.6 Å². The number of nitrogens with zero attached hydrogens (tertiary/aromatic N) is 1.